The molecule has 0 bridgehead atoms. The Bertz CT molecular complexity index is 584. The summed E-state index contributed by atoms with van der Waals surface area (Å²) in [6.07, 6.45) is 6.00. The van der Waals surface area contributed by atoms with Crippen molar-refractivity contribution in [1.82, 2.24) is 0 Å². The highest BCUT2D eigenvalue weighted by molar-refractivity contribution is 5.90. The summed E-state index contributed by atoms with van der Waals surface area (Å²) in [6.45, 7) is 4.12. The van der Waals surface area contributed by atoms with E-state index < -0.39 is 35.2 Å². The first-order valence-electron chi connectivity index (χ1n) is 10.4. The number of halogens is 4. The van der Waals surface area contributed by atoms with E-state index in [-0.39, 0.29) is 0 Å². The Balaban J connectivity index is 2.54. The Morgan fingerprint density at radius 2 is 1.54 bits per heavy atom. The van der Waals surface area contributed by atoms with Crippen molar-refractivity contribution in [2.45, 2.75) is 96.8 Å². The third-order valence-corrected chi connectivity index (χ3v) is 4.79. The van der Waals surface area contributed by atoms with E-state index in [1.165, 1.54) is 32.1 Å². The van der Waals surface area contributed by atoms with Gasteiger partial charge in [-0.3, -0.25) is 0 Å². The molecular weight excluding hydrogens is 372 g/mol. The van der Waals surface area contributed by atoms with Gasteiger partial charge in [0.25, 0.3) is 0 Å². The van der Waals surface area contributed by atoms with Gasteiger partial charge in [-0.1, -0.05) is 71.3 Å². The second kappa shape index (κ2) is 12.8. The van der Waals surface area contributed by atoms with Gasteiger partial charge in [0.15, 0.2) is 0 Å². The maximum Gasteiger partial charge on any atom is 0.419 e. The van der Waals surface area contributed by atoms with Crippen LogP contribution in [0.15, 0.2) is 18.2 Å². The summed E-state index contributed by atoms with van der Waals surface area (Å²) in [6, 6.07) is 2.68. The lowest BCUT2D eigenvalue weighted by atomic mass is 10.0. The Hall–Kier alpha value is -1.59. The standard InChI is InChI=1S/C22H32F4O2/c1-3-5-6-7-8-9-10-11-14-17(13-4-2)28-21(27)18-15-12-16-19(20(18)23)22(24,25)26/h12,15-17H,3-11,13-14H2,1-2H3. The lowest BCUT2D eigenvalue weighted by molar-refractivity contribution is -0.140. The zero-order chi connectivity index (χ0) is 21.0. The number of rotatable bonds is 13. The summed E-state index contributed by atoms with van der Waals surface area (Å²) < 4.78 is 57.9. The number of hydrogen-bond donors (Lipinski definition) is 0. The van der Waals surface area contributed by atoms with Crippen molar-refractivity contribution in [2.24, 2.45) is 0 Å². The van der Waals surface area contributed by atoms with Crippen molar-refractivity contribution in [3.8, 4) is 0 Å². The van der Waals surface area contributed by atoms with Crippen LogP contribution in [0.5, 0.6) is 0 Å². The molecule has 0 saturated carbocycles. The Kier molecular flexibility index (Phi) is 11.2. The number of carbonyl (C=O) groups is 1. The van der Waals surface area contributed by atoms with Crippen LogP contribution >= 0.6 is 0 Å². The molecule has 0 fully saturated rings. The summed E-state index contributed by atoms with van der Waals surface area (Å²) >= 11 is 0. The molecule has 6 heteroatoms. The van der Waals surface area contributed by atoms with Gasteiger partial charge in [-0.25, -0.2) is 9.18 Å². The number of ether oxygens (including phenoxy) is 1. The first kappa shape index (κ1) is 24.4. The number of alkyl halides is 3. The van der Waals surface area contributed by atoms with Crippen molar-refractivity contribution >= 4 is 5.97 Å². The molecule has 0 saturated heterocycles. The van der Waals surface area contributed by atoms with Crippen LogP contribution in [0.4, 0.5) is 17.6 Å². The smallest absolute Gasteiger partial charge is 0.419 e. The third-order valence-electron chi connectivity index (χ3n) is 4.79. The number of unbranched alkanes of at least 4 members (excludes halogenated alkanes) is 7. The summed E-state index contributed by atoms with van der Waals surface area (Å²) in [5, 5.41) is 0. The molecule has 0 aliphatic carbocycles. The van der Waals surface area contributed by atoms with E-state index in [1.807, 2.05) is 6.92 Å². The first-order valence-corrected chi connectivity index (χ1v) is 10.4. The average Bonchev–Trinajstić information content (AvgIpc) is 2.63. The molecule has 160 valence electrons. The quantitative estimate of drug-likeness (QED) is 0.191. The number of carbonyl (C=O) groups excluding carboxylic acids is 1. The molecule has 1 atom stereocenters. The molecular formula is C22H32F4O2. The van der Waals surface area contributed by atoms with Gasteiger partial charge in [0.1, 0.15) is 11.9 Å². The molecule has 0 aromatic heterocycles. The maximum absolute atomic E-state index is 14.1. The lowest BCUT2D eigenvalue weighted by Gasteiger charge is -2.18. The minimum Gasteiger partial charge on any atom is -0.459 e. The number of benzene rings is 1. The lowest BCUT2D eigenvalue weighted by Crippen LogP contribution is -2.20. The maximum atomic E-state index is 14.1. The first-order chi connectivity index (χ1) is 13.3. The highest BCUT2D eigenvalue weighted by Crippen LogP contribution is 2.32. The van der Waals surface area contributed by atoms with Crippen LogP contribution in [-0.2, 0) is 10.9 Å². The fraction of sp³-hybridized carbons (Fsp3) is 0.682. The molecule has 0 aliphatic heterocycles. The molecule has 1 aromatic rings. The van der Waals surface area contributed by atoms with E-state index in [4.69, 9.17) is 4.74 Å². The fourth-order valence-corrected chi connectivity index (χ4v) is 3.21. The van der Waals surface area contributed by atoms with Crippen molar-refractivity contribution in [3.63, 3.8) is 0 Å². The summed E-state index contributed by atoms with van der Waals surface area (Å²) in [5.74, 6) is -2.59. The van der Waals surface area contributed by atoms with Crippen LogP contribution in [-0.4, -0.2) is 12.1 Å². The molecule has 1 unspecified atom stereocenters. The minimum atomic E-state index is -4.85. The Morgan fingerprint density at radius 3 is 2.11 bits per heavy atom. The summed E-state index contributed by atoms with van der Waals surface area (Å²) in [5.41, 5.74) is -2.11. The van der Waals surface area contributed by atoms with E-state index in [2.05, 4.69) is 6.92 Å². The monoisotopic (exact) mass is 404 g/mol. The molecule has 1 aromatic carbocycles. The molecule has 2 nitrogen and oxygen atoms in total. The Morgan fingerprint density at radius 1 is 0.929 bits per heavy atom. The van der Waals surface area contributed by atoms with Gasteiger partial charge >= 0.3 is 12.1 Å². The molecule has 0 aliphatic rings. The minimum absolute atomic E-state index is 0.397. The summed E-state index contributed by atoms with van der Waals surface area (Å²) in [4.78, 5) is 12.2. The van der Waals surface area contributed by atoms with Gasteiger partial charge in [-0.15, -0.1) is 0 Å². The zero-order valence-electron chi connectivity index (χ0n) is 16.9. The van der Waals surface area contributed by atoms with E-state index in [1.54, 1.807) is 0 Å². The molecule has 1 rings (SSSR count). The topological polar surface area (TPSA) is 26.3 Å². The van der Waals surface area contributed by atoms with E-state index in [0.29, 0.717) is 18.9 Å². The SMILES string of the molecule is CCCCCCCCCCC(CCC)OC(=O)c1cccc(C(F)(F)F)c1F. The molecule has 0 N–H and O–H groups in total. The third kappa shape index (κ3) is 8.61. The van der Waals surface area contributed by atoms with Crippen molar-refractivity contribution in [1.29, 1.82) is 0 Å². The normalized spacial score (nSPS) is 12.8. The van der Waals surface area contributed by atoms with Crippen LogP contribution in [0.2, 0.25) is 0 Å². The van der Waals surface area contributed by atoms with Gasteiger partial charge < -0.3 is 4.74 Å². The van der Waals surface area contributed by atoms with E-state index >= 15 is 0 Å². The van der Waals surface area contributed by atoms with Gasteiger partial charge in [0.2, 0.25) is 0 Å². The van der Waals surface area contributed by atoms with E-state index in [9.17, 15) is 22.4 Å². The van der Waals surface area contributed by atoms with Gasteiger partial charge in [0, 0.05) is 0 Å². The second-order valence-corrected chi connectivity index (χ2v) is 7.24. The predicted molar refractivity (Wildman–Crippen MR) is 103 cm³/mol. The predicted octanol–water partition coefficient (Wildman–Crippen LogP) is 7.70. The fourth-order valence-electron chi connectivity index (χ4n) is 3.21. The highest BCUT2D eigenvalue weighted by atomic mass is 19.4. The van der Waals surface area contributed by atoms with Crippen LogP contribution < -0.4 is 0 Å². The van der Waals surface area contributed by atoms with Crippen LogP contribution in [0.25, 0.3) is 0 Å². The molecule has 0 radical (unpaired) electrons. The molecule has 0 heterocycles. The van der Waals surface area contributed by atoms with Crippen LogP contribution in [0, 0.1) is 5.82 Å². The van der Waals surface area contributed by atoms with E-state index in [0.717, 1.165) is 37.8 Å². The van der Waals surface area contributed by atoms with Gasteiger partial charge in [-0.2, -0.15) is 13.2 Å². The van der Waals surface area contributed by atoms with Crippen molar-refractivity contribution in [2.75, 3.05) is 0 Å². The highest BCUT2D eigenvalue weighted by Gasteiger charge is 2.36. The summed E-state index contributed by atoms with van der Waals surface area (Å²) in [7, 11) is 0. The molecule has 0 amide bonds. The second-order valence-electron chi connectivity index (χ2n) is 7.24. The number of hydrogen-bond acceptors (Lipinski definition) is 2. The van der Waals surface area contributed by atoms with Crippen molar-refractivity contribution in [3.05, 3.63) is 35.1 Å². The van der Waals surface area contributed by atoms with Gasteiger partial charge in [0.05, 0.1) is 11.1 Å². The Labute approximate surface area is 165 Å². The van der Waals surface area contributed by atoms with Gasteiger partial charge in [-0.05, 0) is 31.4 Å². The van der Waals surface area contributed by atoms with Crippen LogP contribution in [0.1, 0.15) is 100 Å². The molecule has 0 spiro atoms. The number of esters is 1. The van der Waals surface area contributed by atoms with Crippen molar-refractivity contribution < 1.29 is 27.1 Å². The average molecular weight is 404 g/mol. The largest absolute Gasteiger partial charge is 0.459 e. The zero-order valence-corrected chi connectivity index (χ0v) is 16.9. The van der Waals surface area contributed by atoms with Crippen LogP contribution in [0.3, 0.4) is 0 Å². The molecule has 28 heavy (non-hydrogen) atoms.